The molecule has 0 unspecified atom stereocenters. The summed E-state index contributed by atoms with van der Waals surface area (Å²) in [5, 5.41) is 0. The van der Waals surface area contributed by atoms with E-state index in [-0.39, 0.29) is 0 Å². The highest BCUT2D eigenvalue weighted by Gasteiger charge is 2.15. The van der Waals surface area contributed by atoms with Crippen LogP contribution in [-0.2, 0) is 0 Å². The van der Waals surface area contributed by atoms with Gasteiger partial charge in [-0.05, 0) is 36.4 Å². The van der Waals surface area contributed by atoms with Gasteiger partial charge in [-0.3, -0.25) is 4.79 Å². The van der Waals surface area contributed by atoms with Gasteiger partial charge in [-0.25, -0.2) is 15.0 Å². The summed E-state index contributed by atoms with van der Waals surface area (Å²) in [6.45, 7) is 0. The Kier molecular flexibility index (Phi) is 4.24. The summed E-state index contributed by atoms with van der Waals surface area (Å²) in [6, 6.07) is 10.4. The molecule has 0 aliphatic heterocycles. The molecule has 0 aliphatic carbocycles. The molecule has 0 fully saturated rings. The van der Waals surface area contributed by atoms with Crippen molar-refractivity contribution in [3.05, 3.63) is 60.6 Å². The second kappa shape index (κ2) is 6.65. The van der Waals surface area contributed by atoms with Gasteiger partial charge in [0.2, 0.25) is 11.8 Å². The minimum absolute atomic E-state index is 0.331. The number of hydrogen-bond donors (Lipinski definition) is 0. The molecule has 6 nitrogen and oxygen atoms in total. The number of carbonyl (C=O) groups is 1. The van der Waals surface area contributed by atoms with Gasteiger partial charge in [0.15, 0.2) is 0 Å². The first kappa shape index (κ1) is 14.6. The van der Waals surface area contributed by atoms with Gasteiger partial charge in [-0.1, -0.05) is 0 Å². The summed E-state index contributed by atoms with van der Waals surface area (Å²) in [4.78, 5) is 23.4. The molecular weight excluding hydrogens is 294 g/mol. The molecule has 3 aromatic rings. The van der Waals surface area contributed by atoms with Crippen molar-refractivity contribution in [1.82, 2.24) is 15.0 Å². The predicted molar refractivity (Wildman–Crippen MR) is 83.7 cm³/mol. The molecule has 0 atom stereocenters. The molecule has 23 heavy (non-hydrogen) atoms. The SMILES string of the molecule is COc1ncccc1-c1nccnc1Oc1ccc(C=O)cc1. The second-order valence-corrected chi connectivity index (χ2v) is 4.56. The van der Waals surface area contributed by atoms with Crippen molar-refractivity contribution in [3.8, 4) is 28.8 Å². The van der Waals surface area contributed by atoms with Gasteiger partial charge in [0.25, 0.3) is 0 Å². The average molecular weight is 307 g/mol. The summed E-state index contributed by atoms with van der Waals surface area (Å²) < 4.78 is 11.1. The third-order valence-corrected chi connectivity index (χ3v) is 3.12. The van der Waals surface area contributed by atoms with Crippen LogP contribution >= 0.6 is 0 Å². The minimum Gasteiger partial charge on any atom is -0.481 e. The Balaban J connectivity index is 1.98. The Labute approximate surface area is 132 Å². The van der Waals surface area contributed by atoms with E-state index in [0.717, 1.165) is 6.29 Å². The van der Waals surface area contributed by atoms with Gasteiger partial charge in [0.1, 0.15) is 17.7 Å². The van der Waals surface area contributed by atoms with Gasteiger partial charge in [0, 0.05) is 24.2 Å². The van der Waals surface area contributed by atoms with Crippen LogP contribution in [0.25, 0.3) is 11.3 Å². The van der Waals surface area contributed by atoms with Crippen molar-refractivity contribution in [3.63, 3.8) is 0 Å². The zero-order valence-electron chi connectivity index (χ0n) is 12.3. The van der Waals surface area contributed by atoms with Crippen molar-refractivity contribution < 1.29 is 14.3 Å². The Morgan fingerprint density at radius 1 is 0.913 bits per heavy atom. The number of benzene rings is 1. The lowest BCUT2D eigenvalue weighted by Gasteiger charge is -2.11. The summed E-state index contributed by atoms with van der Waals surface area (Å²) in [5.74, 6) is 1.33. The van der Waals surface area contributed by atoms with Crippen LogP contribution in [-0.4, -0.2) is 28.3 Å². The molecule has 0 radical (unpaired) electrons. The zero-order chi connectivity index (χ0) is 16.1. The number of methoxy groups -OCH3 is 1. The Morgan fingerprint density at radius 3 is 2.39 bits per heavy atom. The smallest absolute Gasteiger partial charge is 0.246 e. The van der Waals surface area contributed by atoms with E-state index in [2.05, 4.69) is 15.0 Å². The van der Waals surface area contributed by atoms with E-state index in [1.807, 2.05) is 6.07 Å². The number of rotatable bonds is 5. The number of hydrogen-bond acceptors (Lipinski definition) is 6. The molecule has 0 N–H and O–H groups in total. The lowest BCUT2D eigenvalue weighted by atomic mass is 10.2. The summed E-state index contributed by atoms with van der Waals surface area (Å²) in [5.41, 5.74) is 1.78. The van der Waals surface area contributed by atoms with E-state index in [4.69, 9.17) is 9.47 Å². The lowest BCUT2D eigenvalue weighted by Crippen LogP contribution is -1.97. The summed E-state index contributed by atoms with van der Waals surface area (Å²) in [6.07, 6.45) is 5.53. The largest absolute Gasteiger partial charge is 0.481 e. The topological polar surface area (TPSA) is 74.2 Å². The molecule has 2 heterocycles. The van der Waals surface area contributed by atoms with Gasteiger partial charge in [0.05, 0.1) is 12.7 Å². The maximum Gasteiger partial charge on any atom is 0.246 e. The number of ether oxygens (including phenoxy) is 2. The molecule has 2 aromatic heterocycles. The molecule has 0 saturated carbocycles. The summed E-state index contributed by atoms with van der Waals surface area (Å²) >= 11 is 0. The average Bonchev–Trinajstić information content (AvgIpc) is 2.63. The maximum absolute atomic E-state index is 10.7. The second-order valence-electron chi connectivity index (χ2n) is 4.56. The predicted octanol–water partition coefficient (Wildman–Crippen LogP) is 3.15. The van der Waals surface area contributed by atoms with Crippen molar-refractivity contribution in [2.45, 2.75) is 0 Å². The van der Waals surface area contributed by atoms with E-state index in [9.17, 15) is 4.79 Å². The van der Waals surface area contributed by atoms with Gasteiger partial charge < -0.3 is 9.47 Å². The van der Waals surface area contributed by atoms with Crippen LogP contribution in [0.5, 0.6) is 17.5 Å². The number of carbonyl (C=O) groups excluding carboxylic acids is 1. The highest BCUT2D eigenvalue weighted by molar-refractivity contribution is 5.75. The molecule has 0 aliphatic rings. The van der Waals surface area contributed by atoms with Gasteiger partial charge in [-0.15, -0.1) is 0 Å². The maximum atomic E-state index is 10.7. The van der Waals surface area contributed by atoms with Crippen molar-refractivity contribution in [1.29, 1.82) is 0 Å². The first-order chi connectivity index (χ1) is 11.3. The lowest BCUT2D eigenvalue weighted by molar-refractivity contribution is 0.112. The first-order valence-electron chi connectivity index (χ1n) is 6.85. The summed E-state index contributed by atoms with van der Waals surface area (Å²) in [7, 11) is 1.54. The van der Waals surface area contributed by atoms with Gasteiger partial charge >= 0.3 is 0 Å². The van der Waals surface area contributed by atoms with E-state index < -0.39 is 0 Å². The molecule has 1 aromatic carbocycles. The van der Waals surface area contributed by atoms with Gasteiger partial charge in [-0.2, -0.15) is 0 Å². The molecule has 114 valence electrons. The number of aldehydes is 1. The third-order valence-electron chi connectivity index (χ3n) is 3.12. The van der Waals surface area contributed by atoms with Crippen molar-refractivity contribution >= 4 is 6.29 Å². The molecule has 0 spiro atoms. The van der Waals surface area contributed by atoms with Crippen LogP contribution in [0, 0.1) is 0 Å². The van der Waals surface area contributed by atoms with Crippen LogP contribution in [0.1, 0.15) is 10.4 Å². The normalized spacial score (nSPS) is 10.1. The van der Waals surface area contributed by atoms with Crippen LogP contribution < -0.4 is 9.47 Å². The first-order valence-corrected chi connectivity index (χ1v) is 6.85. The van der Waals surface area contributed by atoms with Crippen molar-refractivity contribution in [2.24, 2.45) is 0 Å². The monoisotopic (exact) mass is 307 g/mol. The van der Waals surface area contributed by atoms with Crippen LogP contribution in [0.2, 0.25) is 0 Å². The molecule has 0 bridgehead atoms. The number of nitrogens with zero attached hydrogens (tertiary/aromatic N) is 3. The highest BCUT2D eigenvalue weighted by Crippen LogP contribution is 2.33. The Bertz CT molecular complexity index is 819. The van der Waals surface area contributed by atoms with E-state index in [1.54, 1.807) is 56.0 Å². The molecule has 6 heteroatoms. The highest BCUT2D eigenvalue weighted by atomic mass is 16.5. The fraction of sp³-hybridized carbons (Fsp3) is 0.0588. The van der Waals surface area contributed by atoms with E-state index in [0.29, 0.717) is 34.3 Å². The van der Waals surface area contributed by atoms with Crippen LogP contribution in [0.15, 0.2) is 55.0 Å². The van der Waals surface area contributed by atoms with Crippen LogP contribution in [0.3, 0.4) is 0 Å². The molecule has 0 amide bonds. The molecular formula is C17H13N3O3. The van der Waals surface area contributed by atoms with Crippen LogP contribution in [0.4, 0.5) is 0 Å². The Morgan fingerprint density at radius 2 is 1.65 bits per heavy atom. The van der Waals surface area contributed by atoms with Crippen molar-refractivity contribution in [2.75, 3.05) is 7.11 Å². The number of pyridine rings is 1. The minimum atomic E-state index is 0.331. The molecule has 3 rings (SSSR count). The molecule has 0 saturated heterocycles. The standard InChI is InChI=1S/C17H13N3O3/c1-22-16-14(3-2-8-19-16)15-17(20-10-9-18-15)23-13-6-4-12(11-21)5-7-13/h2-11H,1H3. The fourth-order valence-electron chi connectivity index (χ4n) is 2.04. The Hall–Kier alpha value is -3.28. The fourth-order valence-corrected chi connectivity index (χ4v) is 2.04. The quantitative estimate of drug-likeness (QED) is 0.674. The zero-order valence-corrected chi connectivity index (χ0v) is 12.3. The van der Waals surface area contributed by atoms with E-state index >= 15 is 0 Å². The van der Waals surface area contributed by atoms with E-state index in [1.165, 1.54) is 0 Å². The third kappa shape index (κ3) is 3.16. The number of aromatic nitrogens is 3.